The fourth-order valence-corrected chi connectivity index (χ4v) is 7.00. The summed E-state index contributed by atoms with van der Waals surface area (Å²) in [5.74, 6) is -1.35. The van der Waals surface area contributed by atoms with Crippen molar-refractivity contribution < 1.29 is 35.5 Å². The quantitative estimate of drug-likeness (QED) is 0.160. The van der Waals surface area contributed by atoms with E-state index < -0.39 is 47.9 Å². The van der Waals surface area contributed by atoms with Crippen molar-refractivity contribution in [2.24, 2.45) is 5.73 Å². The van der Waals surface area contributed by atoms with Gasteiger partial charge in [-0.05, 0) is 48.1 Å². The lowest BCUT2D eigenvalue weighted by atomic mass is 9.82. The summed E-state index contributed by atoms with van der Waals surface area (Å²) in [4.78, 5) is 26.0. The van der Waals surface area contributed by atoms with E-state index in [9.17, 15) is 35.5 Å². The number of hydrogen-bond donors (Lipinski definition) is 5. The van der Waals surface area contributed by atoms with Crippen LogP contribution in [-0.4, -0.2) is 37.5 Å². The van der Waals surface area contributed by atoms with Gasteiger partial charge in [0.1, 0.15) is 9.79 Å². The van der Waals surface area contributed by atoms with Crippen LogP contribution in [0.15, 0.2) is 40.1 Å². The SMILES string of the molecule is CCc1c(CN)c(C)c(S(=O)(=O)O)c(CC)c1Nc1cc(S(=O)(=O)O)c(N)c2c1C(=O)c1ccccc1C2=O. The lowest BCUT2D eigenvalue weighted by Gasteiger charge is -2.27. The molecule has 1 aliphatic carbocycles. The number of rotatable bonds is 7. The van der Waals surface area contributed by atoms with Crippen molar-refractivity contribution in [1.82, 2.24) is 0 Å². The van der Waals surface area contributed by atoms with E-state index in [1.165, 1.54) is 25.1 Å². The number of nitrogens with two attached hydrogens (primary N) is 2. The van der Waals surface area contributed by atoms with Gasteiger partial charge in [-0.25, -0.2) is 0 Å². The second-order valence-corrected chi connectivity index (χ2v) is 11.8. The third kappa shape index (κ3) is 4.51. The summed E-state index contributed by atoms with van der Waals surface area (Å²) in [5.41, 5.74) is 12.2. The fraction of sp³-hybridized carbons (Fsp3) is 0.231. The molecule has 0 saturated carbocycles. The number of carbonyl (C=O) groups excluding carboxylic acids is 2. The van der Waals surface area contributed by atoms with Crippen LogP contribution >= 0.6 is 0 Å². The third-order valence-corrected chi connectivity index (χ3v) is 8.90. The third-order valence-electron chi connectivity index (χ3n) is 6.94. The summed E-state index contributed by atoms with van der Waals surface area (Å²) in [7, 11) is -9.70. The highest BCUT2D eigenvalue weighted by molar-refractivity contribution is 7.86. The fourth-order valence-electron chi connectivity index (χ4n) is 5.28. The van der Waals surface area contributed by atoms with Gasteiger partial charge in [-0.3, -0.25) is 18.7 Å². The Labute approximate surface area is 225 Å². The first-order chi connectivity index (χ1) is 18.2. The van der Waals surface area contributed by atoms with Gasteiger partial charge in [-0.2, -0.15) is 16.8 Å². The van der Waals surface area contributed by atoms with Gasteiger partial charge in [0.05, 0.1) is 22.5 Å². The Balaban J connectivity index is 2.16. The summed E-state index contributed by atoms with van der Waals surface area (Å²) >= 11 is 0. The van der Waals surface area contributed by atoms with E-state index in [0.717, 1.165) is 6.07 Å². The molecule has 0 atom stereocenters. The van der Waals surface area contributed by atoms with Gasteiger partial charge in [0.2, 0.25) is 0 Å². The summed E-state index contributed by atoms with van der Waals surface area (Å²) in [6.45, 7) is 4.88. The van der Waals surface area contributed by atoms with Crippen LogP contribution in [0.3, 0.4) is 0 Å². The first-order valence-electron chi connectivity index (χ1n) is 11.9. The van der Waals surface area contributed by atoms with Crippen molar-refractivity contribution in [1.29, 1.82) is 0 Å². The first kappa shape index (κ1) is 28.4. The molecule has 0 fully saturated rings. The molecule has 0 spiro atoms. The lowest BCUT2D eigenvalue weighted by molar-refractivity contribution is 0.0980. The molecule has 0 heterocycles. The van der Waals surface area contributed by atoms with Crippen molar-refractivity contribution in [2.45, 2.75) is 49.9 Å². The van der Waals surface area contributed by atoms with Crippen LogP contribution in [0, 0.1) is 6.92 Å². The molecule has 0 radical (unpaired) electrons. The topological polar surface area (TPSA) is 207 Å². The van der Waals surface area contributed by atoms with Gasteiger partial charge in [-0.15, -0.1) is 0 Å². The molecule has 39 heavy (non-hydrogen) atoms. The second kappa shape index (κ2) is 9.84. The molecule has 206 valence electrons. The van der Waals surface area contributed by atoms with E-state index in [0.29, 0.717) is 17.5 Å². The summed E-state index contributed by atoms with van der Waals surface area (Å²) in [6.07, 6.45) is 0.445. The molecular weight excluding hydrogens is 546 g/mol. The molecule has 0 aliphatic heterocycles. The van der Waals surface area contributed by atoms with Crippen molar-refractivity contribution in [3.05, 3.63) is 74.8 Å². The molecule has 1 aliphatic rings. The standard InChI is InChI=1S/C26H27N3O8S2/c1-4-13-17(11-27)12(3)26(39(35,36)37)14(5-2)23(13)29-18-10-19(38(32,33)34)22(28)21-20(18)24(30)15-8-6-7-9-16(15)25(21)31/h6-10,29H,4-5,11,27-28H2,1-3H3,(H,32,33,34)(H,35,36,37). The highest BCUT2D eigenvalue weighted by atomic mass is 32.2. The molecule has 3 aromatic rings. The van der Waals surface area contributed by atoms with Crippen LogP contribution in [0.1, 0.15) is 67.9 Å². The molecule has 0 amide bonds. The zero-order valence-corrected chi connectivity index (χ0v) is 23.0. The minimum absolute atomic E-state index is 0.0121. The van der Waals surface area contributed by atoms with E-state index in [-0.39, 0.29) is 57.1 Å². The molecule has 13 heteroatoms. The zero-order valence-electron chi connectivity index (χ0n) is 21.3. The van der Waals surface area contributed by atoms with E-state index in [2.05, 4.69) is 5.32 Å². The van der Waals surface area contributed by atoms with Crippen LogP contribution < -0.4 is 16.8 Å². The summed E-state index contributed by atoms with van der Waals surface area (Å²) in [5, 5.41) is 2.97. The van der Waals surface area contributed by atoms with E-state index >= 15 is 0 Å². The Morgan fingerprint density at radius 1 is 0.846 bits per heavy atom. The van der Waals surface area contributed by atoms with E-state index in [1.54, 1.807) is 19.9 Å². The van der Waals surface area contributed by atoms with Gasteiger partial charge < -0.3 is 16.8 Å². The van der Waals surface area contributed by atoms with E-state index in [4.69, 9.17) is 11.5 Å². The highest BCUT2D eigenvalue weighted by Crippen LogP contribution is 2.43. The minimum atomic E-state index is -4.97. The average Bonchev–Trinajstić information content (AvgIpc) is 2.86. The Hall–Kier alpha value is -3.62. The largest absolute Gasteiger partial charge is 0.397 e. The molecule has 0 unspecified atom stereocenters. The second-order valence-electron chi connectivity index (χ2n) is 9.04. The first-order valence-corrected chi connectivity index (χ1v) is 14.8. The normalized spacial score (nSPS) is 13.3. The molecule has 7 N–H and O–H groups in total. The Morgan fingerprint density at radius 3 is 1.85 bits per heavy atom. The van der Waals surface area contributed by atoms with Gasteiger partial charge >= 0.3 is 0 Å². The number of nitrogen functional groups attached to an aromatic ring is 1. The molecule has 0 aromatic heterocycles. The number of carbonyl (C=O) groups is 2. The average molecular weight is 574 g/mol. The van der Waals surface area contributed by atoms with Crippen molar-refractivity contribution >= 4 is 48.9 Å². The van der Waals surface area contributed by atoms with Crippen LogP contribution in [0.4, 0.5) is 17.1 Å². The van der Waals surface area contributed by atoms with Gasteiger partial charge in [0.15, 0.2) is 11.6 Å². The lowest BCUT2D eigenvalue weighted by Crippen LogP contribution is -2.25. The zero-order chi connectivity index (χ0) is 29.0. The molecule has 11 nitrogen and oxygen atoms in total. The maximum Gasteiger partial charge on any atom is 0.296 e. The van der Waals surface area contributed by atoms with Crippen molar-refractivity contribution in [3.8, 4) is 0 Å². The number of benzene rings is 3. The predicted octanol–water partition coefficient (Wildman–Crippen LogP) is 3.17. The van der Waals surface area contributed by atoms with Gasteiger partial charge in [0, 0.05) is 23.4 Å². The predicted molar refractivity (Wildman–Crippen MR) is 145 cm³/mol. The number of fused-ring (bicyclic) bond motifs is 2. The van der Waals surface area contributed by atoms with Crippen LogP contribution in [0.2, 0.25) is 0 Å². The summed E-state index contributed by atoms with van der Waals surface area (Å²) in [6, 6.07) is 6.88. The van der Waals surface area contributed by atoms with Crippen molar-refractivity contribution in [3.63, 3.8) is 0 Å². The Bertz CT molecular complexity index is 1800. The van der Waals surface area contributed by atoms with Gasteiger partial charge in [-0.1, -0.05) is 38.1 Å². The molecule has 0 bridgehead atoms. The number of hydrogen-bond acceptors (Lipinski definition) is 9. The molecule has 3 aromatic carbocycles. The van der Waals surface area contributed by atoms with Crippen molar-refractivity contribution in [2.75, 3.05) is 11.1 Å². The Morgan fingerprint density at radius 2 is 1.38 bits per heavy atom. The van der Waals surface area contributed by atoms with E-state index in [1.807, 2.05) is 0 Å². The highest BCUT2D eigenvalue weighted by Gasteiger charge is 2.37. The van der Waals surface area contributed by atoms with Crippen LogP contribution in [0.5, 0.6) is 0 Å². The Kier molecular flexibility index (Phi) is 7.17. The molecule has 0 saturated heterocycles. The van der Waals surface area contributed by atoms with Gasteiger partial charge in [0.25, 0.3) is 20.2 Å². The summed E-state index contributed by atoms with van der Waals surface area (Å²) < 4.78 is 69.5. The smallest absolute Gasteiger partial charge is 0.296 e. The number of anilines is 3. The maximum atomic E-state index is 13.7. The van der Waals surface area contributed by atoms with Crippen LogP contribution in [-0.2, 0) is 39.6 Å². The number of nitrogens with one attached hydrogen (secondary N) is 1. The number of ketones is 2. The molecule has 4 rings (SSSR count). The molecular formula is C26H27N3O8S2. The monoisotopic (exact) mass is 573 g/mol. The maximum absolute atomic E-state index is 13.7. The van der Waals surface area contributed by atoms with Crippen LogP contribution in [0.25, 0.3) is 0 Å². The minimum Gasteiger partial charge on any atom is -0.397 e.